The average molecular weight is 610 g/mol. The predicted molar refractivity (Wildman–Crippen MR) is 143 cm³/mol. The van der Waals surface area contributed by atoms with Gasteiger partial charge in [-0.25, -0.2) is 4.98 Å². The zero-order valence-corrected chi connectivity index (χ0v) is 23.8. The molecule has 1 aliphatic carbocycles. The molecular weight excluding hydrogens is 575 g/mol. The fraction of sp³-hybridized carbons (Fsp3) is 0.556. The molecule has 0 bridgehead atoms. The van der Waals surface area contributed by atoms with Crippen molar-refractivity contribution in [3.05, 3.63) is 50.6 Å². The van der Waals surface area contributed by atoms with E-state index < -0.39 is 29.2 Å². The van der Waals surface area contributed by atoms with E-state index in [1.807, 2.05) is 18.2 Å². The van der Waals surface area contributed by atoms with Crippen LogP contribution < -0.4 is 0 Å². The van der Waals surface area contributed by atoms with E-state index in [0.717, 1.165) is 20.7 Å². The van der Waals surface area contributed by atoms with Crippen LogP contribution in [0.15, 0.2) is 24.3 Å². The summed E-state index contributed by atoms with van der Waals surface area (Å²) in [5.74, 6) is -2.72. The van der Waals surface area contributed by atoms with Gasteiger partial charge < -0.3 is 18.8 Å². The number of esters is 3. The van der Waals surface area contributed by atoms with Gasteiger partial charge in [0.1, 0.15) is 5.82 Å². The Morgan fingerprint density at radius 1 is 1.06 bits per heavy atom. The lowest BCUT2D eigenvalue weighted by Gasteiger charge is -2.37. The van der Waals surface area contributed by atoms with Crippen molar-refractivity contribution in [2.24, 2.45) is 5.41 Å². The maximum absolute atomic E-state index is 13.6. The number of fused-ring (bicyclic) bond motifs is 1. The van der Waals surface area contributed by atoms with Gasteiger partial charge in [0.2, 0.25) is 0 Å². The monoisotopic (exact) mass is 610 g/mol. The molecule has 0 fully saturated rings. The van der Waals surface area contributed by atoms with Crippen molar-refractivity contribution < 1.29 is 28.6 Å². The summed E-state index contributed by atoms with van der Waals surface area (Å²) in [6.45, 7) is 9.57. The number of ether oxygens (including phenoxy) is 3. The molecular formula is C27H35IN2O6. The Kier molecular flexibility index (Phi) is 9.54. The Balaban J connectivity index is 2.30. The highest BCUT2D eigenvalue weighted by Crippen LogP contribution is 2.48. The molecule has 1 atom stereocenters. The van der Waals surface area contributed by atoms with Gasteiger partial charge in [-0.3, -0.25) is 14.4 Å². The van der Waals surface area contributed by atoms with Crippen LogP contribution in [0.1, 0.15) is 82.1 Å². The highest BCUT2D eigenvalue weighted by molar-refractivity contribution is 14.1. The Morgan fingerprint density at radius 3 is 2.14 bits per heavy atom. The summed E-state index contributed by atoms with van der Waals surface area (Å²) in [7, 11) is 0. The first kappa shape index (κ1) is 28.1. The standard InChI is InChI=1S/C27H35IN2O6/c1-6-34-24(31)27(25(32)35-7-2,26(33)36-8-3)20-13-10-14-21-22(20)30(23(29-21)17(4)5)16-18-11-9-12-19(28)15-18/h9,11-12,15,17,20H,6-8,10,13-14,16H2,1-5H3. The van der Waals surface area contributed by atoms with E-state index in [4.69, 9.17) is 19.2 Å². The van der Waals surface area contributed by atoms with E-state index in [-0.39, 0.29) is 25.7 Å². The van der Waals surface area contributed by atoms with Crippen LogP contribution in [0.4, 0.5) is 0 Å². The summed E-state index contributed by atoms with van der Waals surface area (Å²) >= 11 is 2.27. The van der Waals surface area contributed by atoms with Crippen LogP contribution in [-0.4, -0.2) is 47.3 Å². The van der Waals surface area contributed by atoms with Crippen molar-refractivity contribution in [3.8, 4) is 0 Å². The maximum Gasteiger partial charge on any atom is 0.335 e. The Bertz CT molecular complexity index is 1060. The van der Waals surface area contributed by atoms with Crippen molar-refractivity contribution in [3.63, 3.8) is 0 Å². The van der Waals surface area contributed by atoms with Gasteiger partial charge in [0.25, 0.3) is 5.41 Å². The topological polar surface area (TPSA) is 96.7 Å². The quantitative estimate of drug-likeness (QED) is 0.166. The highest BCUT2D eigenvalue weighted by Gasteiger charge is 2.64. The van der Waals surface area contributed by atoms with Crippen LogP contribution in [0, 0.1) is 8.99 Å². The molecule has 1 aromatic carbocycles. The summed E-state index contributed by atoms with van der Waals surface area (Å²) in [6.07, 6.45) is 1.77. The summed E-state index contributed by atoms with van der Waals surface area (Å²) < 4.78 is 19.3. The van der Waals surface area contributed by atoms with Gasteiger partial charge >= 0.3 is 17.9 Å². The van der Waals surface area contributed by atoms with Crippen LogP contribution in [0.3, 0.4) is 0 Å². The third-order valence-electron chi connectivity index (χ3n) is 6.41. The minimum atomic E-state index is -2.27. The zero-order valence-electron chi connectivity index (χ0n) is 21.6. The first-order chi connectivity index (χ1) is 17.2. The molecule has 0 saturated carbocycles. The van der Waals surface area contributed by atoms with E-state index in [1.54, 1.807) is 20.8 Å². The minimum Gasteiger partial charge on any atom is -0.465 e. The Labute approximate surface area is 226 Å². The van der Waals surface area contributed by atoms with Crippen molar-refractivity contribution in [2.45, 2.75) is 72.3 Å². The first-order valence-electron chi connectivity index (χ1n) is 12.6. The molecule has 1 heterocycles. The van der Waals surface area contributed by atoms with Crippen LogP contribution in [-0.2, 0) is 41.6 Å². The normalized spacial score (nSPS) is 15.4. The predicted octanol–water partition coefficient (Wildman–Crippen LogP) is 4.76. The number of hydrogen-bond acceptors (Lipinski definition) is 7. The molecule has 36 heavy (non-hydrogen) atoms. The Hall–Kier alpha value is -2.43. The number of imidazole rings is 1. The molecule has 0 aliphatic heterocycles. The van der Waals surface area contributed by atoms with Crippen LogP contribution in [0.2, 0.25) is 0 Å². The number of hydrogen-bond donors (Lipinski definition) is 0. The zero-order chi connectivity index (χ0) is 26.5. The third kappa shape index (κ3) is 5.31. The number of nitrogens with zero attached hydrogens (tertiary/aromatic N) is 2. The molecule has 0 spiro atoms. The maximum atomic E-state index is 13.6. The molecule has 3 rings (SSSR count). The number of benzene rings is 1. The number of carbonyl (C=O) groups excluding carboxylic acids is 3. The molecule has 0 radical (unpaired) electrons. The fourth-order valence-electron chi connectivity index (χ4n) is 4.98. The second-order valence-corrected chi connectivity index (χ2v) is 10.3. The Morgan fingerprint density at radius 2 is 1.64 bits per heavy atom. The summed E-state index contributed by atoms with van der Waals surface area (Å²) in [4.78, 5) is 45.8. The molecule has 8 nitrogen and oxygen atoms in total. The molecule has 0 N–H and O–H groups in total. The van der Waals surface area contributed by atoms with Gasteiger partial charge in [-0.2, -0.15) is 0 Å². The molecule has 1 unspecified atom stereocenters. The van der Waals surface area contributed by atoms with Gasteiger partial charge in [0.15, 0.2) is 0 Å². The van der Waals surface area contributed by atoms with Crippen LogP contribution >= 0.6 is 22.6 Å². The van der Waals surface area contributed by atoms with Crippen LogP contribution in [0.25, 0.3) is 0 Å². The summed E-state index contributed by atoms with van der Waals surface area (Å²) in [5, 5.41) is 0. The number of carbonyl (C=O) groups is 3. The van der Waals surface area contributed by atoms with Gasteiger partial charge in [0, 0.05) is 27.6 Å². The number of aryl methyl sites for hydroxylation is 1. The third-order valence-corrected chi connectivity index (χ3v) is 7.08. The van der Waals surface area contributed by atoms with Crippen molar-refractivity contribution in [1.29, 1.82) is 0 Å². The van der Waals surface area contributed by atoms with E-state index in [0.29, 0.717) is 31.5 Å². The van der Waals surface area contributed by atoms with Crippen molar-refractivity contribution in [2.75, 3.05) is 19.8 Å². The summed E-state index contributed by atoms with van der Waals surface area (Å²) in [5.41, 5.74) is 0.289. The SMILES string of the molecule is CCOC(=O)C(C(=O)OCC)(C(=O)OCC)C1CCCc2nc(C(C)C)n(Cc3cccc(I)c3)c21. The second kappa shape index (κ2) is 12.2. The molecule has 1 aliphatic rings. The van der Waals surface area contributed by atoms with Gasteiger partial charge in [-0.15, -0.1) is 0 Å². The lowest BCUT2D eigenvalue weighted by Crippen LogP contribution is -2.54. The molecule has 1 aromatic heterocycles. The van der Waals surface area contributed by atoms with E-state index >= 15 is 0 Å². The van der Waals surface area contributed by atoms with Gasteiger partial charge in [-0.1, -0.05) is 26.0 Å². The number of halogens is 1. The highest BCUT2D eigenvalue weighted by atomic mass is 127. The van der Waals surface area contributed by atoms with E-state index in [2.05, 4.69) is 47.1 Å². The van der Waals surface area contributed by atoms with Crippen molar-refractivity contribution >= 4 is 40.5 Å². The first-order valence-corrected chi connectivity index (χ1v) is 13.6. The lowest BCUT2D eigenvalue weighted by molar-refractivity contribution is -0.186. The number of aromatic nitrogens is 2. The molecule has 9 heteroatoms. The van der Waals surface area contributed by atoms with E-state index in [9.17, 15) is 14.4 Å². The lowest BCUT2D eigenvalue weighted by atomic mass is 9.68. The van der Waals surface area contributed by atoms with E-state index in [1.165, 1.54) is 0 Å². The van der Waals surface area contributed by atoms with Crippen LogP contribution in [0.5, 0.6) is 0 Å². The smallest absolute Gasteiger partial charge is 0.335 e. The fourth-order valence-corrected chi connectivity index (χ4v) is 5.58. The molecule has 0 saturated heterocycles. The molecule has 196 valence electrons. The summed E-state index contributed by atoms with van der Waals surface area (Å²) in [6, 6.07) is 8.13. The van der Waals surface area contributed by atoms with Crippen molar-refractivity contribution in [1.82, 2.24) is 9.55 Å². The second-order valence-electron chi connectivity index (χ2n) is 9.09. The van der Waals surface area contributed by atoms with Gasteiger partial charge in [-0.05, 0) is 80.3 Å². The largest absolute Gasteiger partial charge is 0.465 e. The molecule has 0 amide bonds. The average Bonchev–Trinajstić information content (AvgIpc) is 3.19. The van der Waals surface area contributed by atoms with Gasteiger partial charge in [0.05, 0.1) is 25.5 Å². The molecule has 2 aromatic rings. The minimum absolute atomic E-state index is 0.0118. The number of rotatable bonds is 10.